The van der Waals surface area contributed by atoms with Gasteiger partial charge in [-0.05, 0) is 49.9 Å². The van der Waals surface area contributed by atoms with Crippen molar-refractivity contribution >= 4 is 5.91 Å². The zero-order valence-electron chi connectivity index (χ0n) is 14.4. The Hall–Kier alpha value is -1.46. The number of nitrogens with two attached hydrogens (primary N) is 1. The van der Waals surface area contributed by atoms with Crippen LogP contribution in [-0.2, 0) is 16.1 Å². The number of rotatable bonds is 10. The number of amides is 1. The lowest BCUT2D eigenvalue weighted by atomic mass is 10.1. The van der Waals surface area contributed by atoms with Crippen LogP contribution in [0.2, 0.25) is 0 Å². The second kappa shape index (κ2) is 10.4. The predicted molar refractivity (Wildman–Crippen MR) is 92.9 cm³/mol. The molecule has 0 bridgehead atoms. The second-order valence-corrected chi connectivity index (χ2v) is 6.49. The number of nitrogens with zero attached hydrogens (tertiary/aromatic N) is 1. The molecular weight excluding hydrogens is 307 g/mol. The molecular formula is C19H29FN2O2. The SMILES string of the molecule is NCCCCCCC(=O)N(Cc1cccc(F)c1)CC1CCCO1. The fourth-order valence-electron chi connectivity index (χ4n) is 3.08. The zero-order valence-corrected chi connectivity index (χ0v) is 14.4. The summed E-state index contributed by atoms with van der Waals surface area (Å²) in [6.45, 7) is 2.52. The van der Waals surface area contributed by atoms with Gasteiger partial charge in [0.15, 0.2) is 0 Å². The first kappa shape index (κ1) is 18.9. The third kappa shape index (κ3) is 6.57. The van der Waals surface area contributed by atoms with Gasteiger partial charge in [0, 0.05) is 26.1 Å². The first-order valence-electron chi connectivity index (χ1n) is 9.03. The van der Waals surface area contributed by atoms with Gasteiger partial charge in [-0.15, -0.1) is 0 Å². The highest BCUT2D eigenvalue weighted by molar-refractivity contribution is 5.76. The van der Waals surface area contributed by atoms with E-state index in [1.165, 1.54) is 12.1 Å². The van der Waals surface area contributed by atoms with Crippen molar-refractivity contribution in [2.24, 2.45) is 5.73 Å². The van der Waals surface area contributed by atoms with Crippen LogP contribution in [0.3, 0.4) is 0 Å². The van der Waals surface area contributed by atoms with Crippen LogP contribution in [0.25, 0.3) is 0 Å². The van der Waals surface area contributed by atoms with Crippen LogP contribution in [0, 0.1) is 5.82 Å². The van der Waals surface area contributed by atoms with Gasteiger partial charge in [-0.25, -0.2) is 4.39 Å². The molecule has 1 aliphatic rings. The van der Waals surface area contributed by atoms with E-state index >= 15 is 0 Å². The van der Waals surface area contributed by atoms with E-state index in [4.69, 9.17) is 10.5 Å². The van der Waals surface area contributed by atoms with Crippen LogP contribution >= 0.6 is 0 Å². The van der Waals surface area contributed by atoms with Crippen LogP contribution in [0.5, 0.6) is 0 Å². The van der Waals surface area contributed by atoms with Gasteiger partial charge in [-0.3, -0.25) is 4.79 Å². The summed E-state index contributed by atoms with van der Waals surface area (Å²) < 4.78 is 19.1. The first-order valence-corrected chi connectivity index (χ1v) is 9.03. The van der Waals surface area contributed by atoms with Crippen LogP contribution in [0.1, 0.15) is 50.5 Å². The van der Waals surface area contributed by atoms with E-state index in [2.05, 4.69) is 0 Å². The van der Waals surface area contributed by atoms with Gasteiger partial charge in [0.1, 0.15) is 5.82 Å². The van der Waals surface area contributed by atoms with Gasteiger partial charge in [0.2, 0.25) is 5.91 Å². The molecule has 1 atom stereocenters. The molecule has 2 rings (SSSR count). The number of carbonyl (C=O) groups excluding carboxylic acids is 1. The maximum absolute atomic E-state index is 13.4. The average molecular weight is 336 g/mol. The third-order valence-corrected chi connectivity index (χ3v) is 4.41. The van der Waals surface area contributed by atoms with Gasteiger partial charge < -0.3 is 15.4 Å². The van der Waals surface area contributed by atoms with Crippen molar-refractivity contribution in [3.63, 3.8) is 0 Å². The van der Waals surface area contributed by atoms with E-state index in [0.717, 1.165) is 50.7 Å². The Bertz CT molecular complexity index is 504. The number of benzene rings is 1. The molecule has 1 unspecified atom stereocenters. The molecule has 0 saturated carbocycles. The Labute approximate surface area is 144 Å². The second-order valence-electron chi connectivity index (χ2n) is 6.49. The summed E-state index contributed by atoms with van der Waals surface area (Å²) in [5.41, 5.74) is 6.31. The number of carbonyl (C=O) groups is 1. The normalized spacial score (nSPS) is 17.2. The summed E-state index contributed by atoms with van der Waals surface area (Å²) in [6, 6.07) is 6.47. The predicted octanol–water partition coefficient (Wildman–Crippen LogP) is 3.24. The molecule has 134 valence electrons. The smallest absolute Gasteiger partial charge is 0.222 e. The standard InChI is InChI=1S/C19H29FN2O2/c20-17-8-5-7-16(13-17)14-22(15-18-9-6-12-24-18)19(23)10-3-1-2-4-11-21/h5,7-8,13,18H,1-4,6,9-12,14-15,21H2. The molecule has 24 heavy (non-hydrogen) atoms. The summed E-state index contributed by atoms with van der Waals surface area (Å²) in [6.07, 6.45) is 6.67. The number of ether oxygens (including phenoxy) is 1. The Balaban J connectivity index is 1.89. The zero-order chi connectivity index (χ0) is 17.2. The van der Waals surface area contributed by atoms with Crippen molar-refractivity contribution < 1.29 is 13.9 Å². The van der Waals surface area contributed by atoms with Gasteiger partial charge in [0.05, 0.1) is 6.10 Å². The molecule has 0 aromatic heterocycles. The summed E-state index contributed by atoms with van der Waals surface area (Å²) in [5.74, 6) is -0.138. The summed E-state index contributed by atoms with van der Waals surface area (Å²) in [7, 11) is 0. The van der Waals surface area contributed by atoms with E-state index < -0.39 is 0 Å². The minimum absolute atomic E-state index is 0.111. The topological polar surface area (TPSA) is 55.6 Å². The van der Waals surface area contributed by atoms with Gasteiger partial charge in [-0.1, -0.05) is 25.0 Å². The third-order valence-electron chi connectivity index (χ3n) is 4.41. The molecule has 4 nitrogen and oxygen atoms in total. The minimum Gasteiger partial charge on any atom is -0.376 e. The summed E-state index contributed by atoms with van der Waals surface area (Å²) >= 11 is 0. The van der Waals surface area contributed by atoms with E-state index in [1.54, 1.807) is 6.07 Å². The molecule has 0 radical (unpaired) electrons. The molecule has 1 heterocycles. The van der Waals surface area contributed by atoms with Crippen LogP contribution in [0.15, 0.2) is 24.3 Å². The Morgan fingerprint density at radius 2 is 2.12 bits per heavy atom. The van der Waals surface area contributed by atoms with Crippen LogP contribution < -0.4 is 5.73 Å². The molecule has 5 heteroatoms. The van der Waals surface area contributed by atoms with E-state index in [9.17, 15) is 9.18 Å². The number of hydrogen-bond acceptors (Lipinski definition) is 3. The lowest BCUT2D eigenvalue weighted by molar-refractivity contribution is -0.133. The van der Waals surface area contributed by atoms with Gasteiger partial charge in [0.25, 0.3) is 0 Å². The minimum atomic E-state index is -0.265. The quantitative estimate of drug-likeness (QED) is 0.667. The maximum Gasteiger partial charge on any atom is 0.222 e. The van der Waals surface area contributed by atoms with E-state index in [-0.39, 0.29) is 17.8 Å². The monoisotopic (exact) mass is 336 g/mol. The van der Waals surface area contributed by atoms with E-state index in [1.807, 2.05) is 11.0 Å². The Kier molecular flexibility index (Phi) is 8.19. The van der Waals surface area contributed by atoms with Crippen molar-refractivity contribution in [1.29, 1.82) is 0 Å². The molecule has 0 aliphatic carbocycles. The van der Waals surface area contributed by atoms with Crippen molar-refractivity contribution in [3.05, 3.63) is 35.6 Å². The van der Waals surface area contributed by atoms with Crippen LogP contribution in [0.4, 0.5) is 4.39 Å². The molecule has 0 spiro atoms. The van der Waals surface area contributed by atoms with Crippen molar-refractivity contribution in [3.8, 4) is 0 Å². The van der Waals surface area contributed by atoms with E-state index in [0.29, 0.717) is 26.1 Å². The number of halogens is 1. The Morgan fingerprint density at radius 1 is 1.29 bits per heavy atom. The molecule has 2 N–H and O–H groups in total. The molecule has 1 saturated heterocycles. The fourth-order valence-corrected chi connectivity index (χ4v) is 3.08. The lowest BCUT2D eigenvalue weighted by Gasteiger charge is -2.26. The fraction of sp³-hybridized carbons (Fsp3) is 0.632. The van der Waals surface area contributed by atoms with Crippen molar-refractivity contribution in [1.82, 2.24) is 4.90 Å². The molecule has 1 aromatic carbocycles. The number of unbranched alkanes of at least 4 members (excludes halogenated alkanes) is 3. The highest BCUT2D eigenvalue weighted by atomic mass is 19.1. The van der Waals surface area contributed by atoms with Crippen LogP contribution in [-0.4, -0.2) is 36.6 Å². The molecule has 1 aliphatic heterocycles. The average Bonchev–Trinajstić information content (AvgIpc) is 3.07. The van der Waals surface area contributed by atoms with Crippen molar-refractivity contribution in [2.75, 3.05) is 19.7 Å². The summed E-state index contributed by atoms with van der Waals surface area (Å²) in [4.78, 5) is 14.4. The molecule has 1 aromatic rings. The maximum atomic E-state index is 13.4. The molecule has 1 amide bonds. The Morgan fingerprint density at radius 3 is 2.83 bits per heavy atom. The highest BCUT2D eigenvalue weighted by Gasteiger charge is 2.22. The van der Waals surface area contributed by atoms with Crippen molar-refractivity contribution in [2.45, 2.75) is 57.6 Å². The first-order chi connectivity index (χ1) is 11.7. The van der Waals surface area contributed by atoms with Gasteiger partial charge in [-0.2, -0.15) is 0 Å². The number of hydrogen-bond donors (Lipinski definition) is 1. The largest absolute Gasteiger partial charge is 0.376 e. The van der Waals surface area contributed by atoms with Gasteiger partial charge >= 0.3 is 0 Å². The summed E-state index contributed by atoms with van der Waals surface area (Å²) in [5, 5.41) is 0. The molecule has 1 fully saturated rings. The lowest BCUT2D eigenvalue weighted by Crippen LogP contribution is -2.36. The highest BCUT2D eigenvalue weighted by Crippen LogP contribution is 2.17.